The maximum atomic E-state index is 9.23. The van der Waals surface area contributed by atoms with Crippen LogP contribution in [-0.4, -0.2) is 16.6 Å². The number of nitrogens with zero attached hydrogens (tertiary/aromatic N) is 3. The van der Waals surface area contributed by atoms with Gasteiger partial charge in [-0.05, 0) is 19.1 Å². The fourth-order valence-corrected chi connectivity index (χ4v) is 2.86. The lowest BCUT2D eigenvalue weighted by atomic mass is 10.1. The average molecular weight is 295 g/mol. The Morgan fingerprint density at radius 2 is 2.19 bits per heavy atom. The van der Waals surface area contributed by atoms with Gasteiger partial charge in [-0.15, -0.1) is 11.3 Å². The highest BCUT2D eigenvalue weighted by Crippen LogP contribution is 2.22. The third-order valence-corrected chi connectivity index (χ3v) is 4.22. The molecule has 1 aromatic carbocycles. The second-order valence-electron chi connectivity index (χ2n) is 4.60. The van der Waals surface area contributed by atoms with Crippen LogP contribution in [0, 0.1) is 18.3 Å². The highest BCUT2D eigenvalue weighted by Gasteiger charge is 2.08. The summed E-state index contributed by atoms with van der Waals surface area (Å²) in [6.45, 7) is 2.48. The minimum atomic E-state index is 0.401. The monoisotopic (exact) mass is 295 g/mol. The molecule has 0 saturated heterocycles. The first-order valence-electron chi connectivity index (χ1n) is 6.59. The zero-order chi connectivity index (χ0) is 14.7. The molecule has 0 bridgehead atoms. The maximum absolute atomic E-state index is 9.23. The van der Waals surface area contributed by atoms with Crippen molar-refractivity contribution >= 4 is 22.2 Å². The van der Waals surface area contributed by atoms with E-state index in [1.807, 2.05) is 42.8 Å². The first-order valence-corrected chi connectivity index (χ1v) is 7.47. The minimum Gasteiger partial charge on any atom is -0.476 e. The molecule has 0 unspecified atom stereocenters. The molecule has 0 aliphatic carbocycles. The molecule has 2 aromatic heterocycles. The molecule has 0 aliphatic rings. The highest BCUT2D eigenvalue weighted by atomic mass is 32.1. The molecule has 3 aromatic rings. The predicted molar refractivity (Wildman–Crippen MR) is 82.5 cm³/mol. The van der Waals surface area contributed by atoms with Crippen molar-refractivity contribution in [2.75, 3.05) is 6.61 Å². The summed E-state index contributed by atoms with van der Waals surface area (Å²) in [5.74, 6) is 0.401. The first kappa shape index (κ1) is 13.5. The van der Waals surface area contributed by atoms with Crippen molar-refractivity contribution in [2.24, 2.45) is 0 Å². The van der Waals surface area contributed by atoms with Gasteiger partial charge < -0.3 is 4.74 Å². The lowest BCUT2D eigenvalue weighted by Gasteiger charge is -2.08. The molecule has 0 radical (unpaired) electrons. The largest absolute Gasteiger partial charge is 0.476 e. The predicted octanol–water partition coefficient (Wildman–Crippen LogP) is 3.49. The van der Waals surface area contributed by atoms with Crippen molar-refractivity contribution in [2.45, 2.75) is 13.3 Å². The Morgan fingerprint density at radius 3 is 2.95 bits per heavy atom. The maximum Gasteiger partial charge on any atom is 0.232 e. The summed E-state index contributed by atoms with van der Waals surface area (Å²) in [7, 11) is 0. The molecule has 21 heavy (non-hydrogen) atoms. The molecule has 0 fully saturated rings. The van der Waals surface area contributed by atoms with Crippen LogP contribution in [-0.2, 0) is 6.42 Å². The van der Waals surface area contributed by atoms with Crippen LogP contribution in [0.1, 0.15) is 16.1 Å². The van der Waals surface area contributed by atoms with Gasteiger partial charge in [0.05, 0.1) is 23.3 Å². The number of aryl methyl sites for hydroxylation is 1. The molecule has 0 spiro atoms. The number of fused-ring (bicyclic) bond motifs is 1. The number of hydrogen-bond donors (Lipinski definition) is 0. The van der Waals surface area contributed by atoms with Gasteiger partial charge in [0.15, 0.2) is 0 Å². The summed E-state index contributed by atoms with van der Waals surface area (Å²) in [5.41, 5.74) is 4.17. The Kier molecular flexibility index (Phi) is 3.80. The van der Waals surface area contributed by atoms with Crippen molar-refractivity contribution in [1.82, 2.24) is 9.97 Å². The van der Waals surface area contributed by atoms with E-state index < -0.39 is 0 Å². The number of thiazole rings is 1. The highest BCUT2D eigenvalue weighted by molar-refractivity contribution is 7.09. The molecule has 0 N–H and O–H groups in total. The summed E-state index contributed by atoms with van der Waals surface area (Å²) < 4.78 is 5.71. The topological polar surface area (TPSA) is 58.8 Å². The van der Waals surface area contributed by atoms with E-state index in [2.05, 4.69) is 16.0 Å². The van der Waals surface area contributed by atoms with Crippen molar-refractivity contribution in [1.29, 1.82) is 5.26 Å². The van der Waals surface area contributed by atoms with Gasteiger partial charge in [0, 0.05) is 16.7 Å². The van der Waals surface area contributed by atoms with Gasteiger partial charge in [-0.2, -0.15) is 5.26 Å². The number of benzene rings is 1. The second kappa shape index (κ2) is 5.90. The Bertz CT molecular complexity index is 820. The summed E-state index contributed by atoms with van der Waals surface area (Å²) in [6.07, 6.45) is 0.774. The van der Waals surface area contributed by atoms with Crippen molar-refractivity contribution in [3.8, 4) is 11.9 Å². The Hall–Kier alpha value is -2.45. The van der Waals surface area contributed by atoms with Gasteiger partial charge in [0.25, 0.3) is 0 Å². The second-order valence-corrected chi connectivity index (χ2v) is 5.54. The zero-order valence-corrected chi connectivity index (χ0v) is 12.4. The lowest BCUT2D eigenvalue weighted by Crippen LogP contribution is -2.04. The van der Waals surface area contributed by atoms with E-state index >= 15 is 0 Å². The Balaban J connectivity index is 1.80. The van der Waals surface area contributed by atoms with Crippen LogP contribution in [0.2, 0.25) is 0 Å². The van der Waals surface area contributed by atoms with Crippen LogP contribution >= 0.6 is 11.3 Å². The van der Waals surface area contributed by atoms with E-state index in [9.17, 15) is 5.26 Å². The molecular formula is C16H13N3OS. The van der Waals surface area contributed by atoms with Crippen LogP contribution in [0.15, 0.2) is 35.8 Å². The van der Waals surface area contributed by atoms with E-state index in [1.165, 1.54) is 4.88 Å². The van der Waals surface area contributed by atoms with Gasteiger partial charge in [-0.1, -0.05) is 18.2 Å². The number of aromatic nitrogens is 2. The third kappa shape index (κ3) is 2.86. The Labute approximate surface area is 126 Å². The average Bonchev–Trinajstić information content (AvgIpc) is 2.92. The zero-order valence-electron chi connectivity index (χ0n) is 11.5. The van der Waals surface area contributed by atoms with Crippen molar-refractivity contribution < 1.29 is 4.74 Å². The number of nitriles is 1. The van der Waals surface area contributed by atoms with Gasteiger partial charge in [-0.3, -0.25) is 0 Å². The molecule has 2 heterocycles. The van der Waals surface area contributed by atoms with Crippen molar-refractivity contribution in [3.63, 3.8) is 0 Å². The van der Waals surface area contributed by atoms with E-state index in [-0.39, 0.29) is 0 Å². The molecule has 0 aliphatic heterocycles. The third-order valence-electron chi connectivity index (χ3n) is 3.22. The molecule has 0 amide bonds. The lowest BCUT2D eigenvalue weighted by molar-refractivity contribution is 0.310. The first-order chi connectivity index (χ1) is 10.3. The van der Waals surface area contributed by atoms with Crippen LogP contribution in [0.3, 0.4) is 0 Å². The SMILES string of the molecule is Cc1ncsc1CCOc1nc2ccccc2cc1C#N. The van der Waals surface area contributed by atoms with Crippen LogP contribution in [0.25, 0.3) is 10.9 Å². The van der Waals surface area contributed by atoms with Crippen molar-refractivity contribution in [3.05, 3.63) is 52.0 Å². The minimum absolute atomic E-state index is 0.401. The summed E-state index contributed by atoms with van der Waals surface area (Å²) in [6, 6.07) is 11.7. The van der Waals surface area contributed by atoms with E-state index in [4.69, 9.17) is 4.74 Å². The van der Waals surface area contributed by atoms with Crippen LogP contribution < -0.4 is 4.74 Å². The molecule has 5 heteroatoms. The van der Waals surface area contributed by atoms with Crippen LogP contribution in [0.5, 0.6) is 5.88 Å². The number of ether oxygens (including phenoxy) is 1. The Morgan fingerprint density at radius 1 is 1.33 bits per heavy atom. The van der Waals surface area contributed by atoms with E-state index in [0.29, 0.717) is 18.1 Å². The normalized spacial score (nSPS) is 10.5. The van der Waals surface area contributed by atoms with Gasteiger partial charge >= 0.3 is 0 Å². The number of rotatable bonds is 4. The summed E-state index contributed by atoms with van der Waals surface area (Å²) >= 11 is 1.62. The quantitative estimate of drug-likeness (QED) is 0.739. The summed E-state index contributed by atoms with van der Waals surface area (Å²) in [5, 5.41) is 10.2. The van der Waals surface area contributed by atoms with Gasteiger partial charge in [0.1, 0.15) is 11.6 Å². The number of para-hydroxylation sites is 1. The van der Waals surface area contributed by atoms with Gasteiger partial charge in [0.2, 0.25) is 5.88 Å². The number of pyridine rings is 1. The summed E-state index contributed by atoms with van der Waals surface area (Å²) in [4.78, 5) is 9.85. The number of hydrogen-bond acceptors (Lipinski definition) is 5. The van der Waals surface area contributed by atoms with Gasteiger partial charge in [-0.25, -0.2) is 9.97 Å². The molecule has 0 atom stereocenters. The molecular weight excluding hydrogens is 282 g/mol. The fraction of sp³-hybridized carbons (Fsp3) is 0.188. The van der Waals surface area contributed by atoms with E-state index in [0.717, 1.165) is 23.0 Å². The standard InChI is InChI=1S/C16H13N3OS/c1-11-15(21-10-18-11)6-7-20-16-13(9-17)8-12-4-2-3-5-14(12)19-16/h2-5,8,10H,6-7H2,1H3. The molecule has 3 rings (SSSR count). The van der Waals surface area contributed by atoms with E-state index in [1.54, 1.807) is 11.3 Å². The molecule has 4 nitrogen and oxygen atoms in total. The molecule has 0 saturated carbocycles. The molecule has 104 valence electrons. The smallest absolute Gasteiger partial charge is 0.232 e. The fourth-order valence-electron chi connectivity index (χ4n) is 2.09. The van der Waals surface area contributed by atoms with Crippen LogP contribution in [0.4, 0.5) is 0 Å².